The first-order chi connectivity index (χ1) is 10.6. The van der Waals surface area contributed by atoms with Crippen molar-refractivity contribution in [3.05, 3.63) is 28.2 Å². The van der Waals surface area contributed by atoms with E-state index in [1.807, 2.05) is 5.43 Å². The maximum Gasteiger partial charge on any atom is 0.573 e. The Balaban J connectivity index is 2.77. The second kappa shape index (κ2) is 7.81. The molecule has 0 heterocycles. The van der Waals surface area contributed by atoms with Crippen molar-refractivity contribution < 1.29 is 37.0 Å². The van der Waals surface area contributed by atoms with Crippen LogP contribution in [-0.4, -0.2) is 30.8 Å². The molecule has 0 aromatic heterocycles. The third kappa shape index (κ3) is 6.14. The second-order valence-corrected chi connectivity index (χ2v) is 4.67. The predicted octanol–water partition coefficient (Wildman–Crippen LogP) is 1.67. The van der Waals surface area contributed by atoms with E-state index in [4.69, 9.17) is 0 Å². The van der Waals surface area contributed by atoms with Crippen molar-refractivity contribution in [2.24, 2.45) is 0 Å². The fourth-order valence-electron chi connectivity index (χ4n) is 1.30. The van der Waals surface area contributed by atoms with Crippen molar-refractivity contribution >= 4 is 33.7 Å². The first-order valence-corrected chi connectivity index (χ1v) is 6.76. The highest BCUT2D eigenvalue weighted by Crippen LogP contribution is 2.27. The molecular formula is C12H10BrF3N2O5. The molecule has 11 heteroatoms. The van der Waals surface area contributed by atoms with Crippen molar-refractivity contribution in [2.75, 3.05) is 6.61 Å². The monoisotopic (exact) mass is 398 g/mol. The number of hydrazine groups is 1. The number of benzene rings is 1. The summed E-state index contributed by atoms with van der Waals surface area (Å²) in [6, 6.07) is 2.96. The molecule has 0 bridgehead atoms. The van der Waals surface area contributed by atoms with Crippen LogP contribution in [0.5, 0.6) is 5.75 Å². The van der Waals surface area contributed by atoms with Crippen LogP contribution in [-0.2, 0) is 14.3 Å². The Morgan fingerprint density at radius 2 is 1.87 bits per heavy atom. The number of alkyl halides is 3. The Hall–Kier alpha value is -2.30. The highest BCUT2D eigenvalue weighted by Gasteiger charge is 2.31. The van der Waals surface area contributed by atoms with Crippen molar-refractivity contribution in [1.82, 2.24) is 10.9 Å². The van der Waals surface area contributed by atoms with E-state index in [1.54, 1.807) is 5.43 Å². The van der Waals surface area contributed by atoms with Gasteiger partial charge in [-0.25, -0.2) is 4.79 Å². The zero-order valence-electron chi connectivity index (χ0n) is 11.5. The minimum absolute atomic E-state index is 0.0391. The minimum atomic E-state index is -4.92. The van der Waals surface area contributed by atoms with E-state index in [-0.39, 0.29) is 16.6 Å². The summed E-state index contributed by atoms with van der Waals surface area (Å²) in [5.74, 6) is -4.05. The van der Waals surface area contributed by atoms with Gasteiger partial charge < -0.3 is 9.47 Å². The average molecular weight is 399 g/mol. The Morgan fingerprint density at radius 3 is 2.43 bits per heavy atom. The average Bonchev–Trinajstić information content (AvgIpc) is 2.45. The van der Waals surface area contributed by atoms with Gasteiger partial charge in [0.05, 0.1) is 12.2 Å². The van der Waals surface area contributed by atoms with Crippen LogP contribution in [0.2, 0.25) is 0 Å². The van der Waals surface area contributed by atoms with Gasteiger partial charge in [-0.2, -0.15) is 0 Å². The smallest absolute Gasteiger partial charge is 0.459 e. The van der Waals surface area contributed by atoms with E-state index < -0.39 is 29.9 Å². The van der Waals surface area contributed by atoms with Gasteiger partial charge in [-0.3, -0.25) is 20.4 Å². The summed E-state index contributed by atoms with van der Waals surface area (Å²) < 4.78 is 44.7. The molecule has 0 spiro atoms. The molecule has 0 aliphatic heterocycles. The summed E-state index contributed by atoms with van der Waals surface area (Å²) in [6.45, 7) is 1.44. The van der Waals surface area contributed by atoms with Crippen LogP contribution in [0.1, 0.15) is 17.3 Å². The molecule has 1 rings (SSSR count). The number of hydrogen-bond acceptors (Lipinski definition) is 5. The Bertz CT molecular complexity index is 621. The van der Waals surface area contributed by atoms with Gasteiger partial charge in [0.2, 0.25) is 0 Å². The number of halogens is 4. The number of carbonyl (C=O) groups excluding carboxylic acids is 3. The third-order valence-electron chi connectivity index (χ3n) is 2.17. The van der Waals surface area contributed by atoms with Crippen LogP contribution >= 0.6 is 15.9 Å². The Kier molecular flexibility index (Phi) is 6.37. The number of hydrogen-bond donors (Lipinski definition) is 2. The molecule has 2 amide bonds. The van der Waals surface area contributed by atoms with Crippen LogP contribution in [0.25, 0.3) is 0 Å². The summed E-state index contributed by atoms with van der Waals surface area (Å²) in [7, 11) is 0. The maximum atomic E-state index is 12.1. The van der Waals surface area contributed by atoms with Crippen molar-refractivity contribution in [3.63, 3.8) is 0 Å². The number of amides is 2. The molecular weight excluding hydrogens is 389 g/mol. The molecule has 1 aromatic rings. The third-order valence-corrected chi connectivity index (χ3v) is 2.86. The lowest BCUT2D eigenvalue weighted by Crippen LogP contribution is -2.45. The number of esters is 1. The van der Waals surface area contributed by atoms with Gasteiger partial charge in [0, 0.05) is 4.47 Å². The zero-order valence-corrected chi connectivity index (χ0v) is 13.1. The van der Waals surface area contributed by atoms with E-state index in [1.165, 1.54) is 6.92 Å². The van der Waals surface area contributed by atoms with E-state index in [0.717, 1.165) is 18.2 Å². The summed E-state index contributed by atoms with van der Waals surface area (Å²) in [4.78, 5) is 34.1. The van der Waals surface area contributed by atoms with Crippen LogP contribution in [0, 0.1) is 0 Å². The van der Waals surface area contributed by atoms with E-state index in [9.17, 15) is 27.6 Å². The quantitative estimate of drug-likeness (QED) is 0.458. The van der Waals surface area contributed by atoms with E-state index in [0.29, 0.717) is 0 Å². The van der Waals surface area contributed by atoms with Crippen molar-refractivity contribution in [1.29, 1.82) is 0 Å². The molecule has 126 valence electrons. The fraction of sp³-hybridized carbons (Fsp3) is 0.250. The standard InChI is InChI=1S/C12H10BrF3N2O5/c1-2-22-11(21)10(20)18-17-9(19)7-5-6(3-4-8(7)13)23-12(14,15)16/h3-5H,2H2,1H3,(H,17,19)(H,18,20). The molecule has 0 unspecified atom stereocenters. The predicted molar refractivity (Wildman–Crippen MR) is 73.1 cm³/mol. The normalized spacial score (nSPS) is 10.7. The highest BCUT2D eigenvalue weighted by atomic mass is 79.9. The van der Waals surface area contributed by atoms with E-state index in [2.05, 4.69) is 25.4 Å². The summed E-state index contributed by atoms with van der Waals surface area (Å²) >= 11 is 2.97. The molecule has 0 aliphatic carbocycles. The lowest BCUT2D eigenvalue weighted by molar-refractivity contribution is -0.274. The summed E-state index contributed by atoms with van der Waals surface area (Å²) in [5, 5.41) is 0. The van der Waals surface area contributed by atoms with Crippen LogP contribution in [0.15, 0.2) is 22.7 Å². The molecule has 0 radical (unpaired) electrons. The maximum absolute atomic E-state index is 12.1. The number of nitrogens with one attached hydrogen (secondary N) is 2. The minimum Gasteiger partial charge on any atom is -0.459 e. The molecule has 0 aliphatic rings. The number of rotatable bonds is 3. The number of ether oxygens (including phenoxy) is 2. The first kappa shape index (κ1) is 18.7. The Morgan fingerprint density at radius 1 is 1.22 bits per heavy atom. The van der Waals surface area contributed by atoms with Crippen LogP contribution in [0.4, 0.5) is 13.2 Å². The SMILES string of the molecule is CCOC(=O)C(=O)NNC(=O)c1cc(OC(F)(F)F)ccc1Br. The highest BCUT2D eigenvalue weighted by molar-refractivity contribution is 9.10. The lowest BCUT2D eigenvalue weighted by atomic mass is 10.2. The second-order valence-electron chi connectivity index (χ2n) is 3.82. The Labute approximate surface area is 136 Å². The summed E-state index contributed by atoms with van der Waals surface area (Å²) in [6.07, 6.45) is -4.92. The molecule has 0 atom stereocenters. The first-order valence-electron chi connectivity index (χ1n) is 5.96. The molecule has 0 saturated carbocycles. The van der Waals surface area contributed by atoms with Gasteiger partial charge in [-0.15, -0.1) is 13.2 Å². The fourth-order valence-corrected chi connectivity index (χ4v) is 1.73. The number of carbonyl (C=O) groups is 3. The molecule has 23 heavy (non-hydrogen) atoms. The van der Waals surface area contributed by atoms with E-state index >= 15 is 0 Å². The van der Waals surface area contributed by atoms with Gasteiger partial charge in [-0.05, 0) is 41.1 Å². The molecule has 0 fully saturated rings. The molecule has 7 nitrogen and oxygen atoms in total. The van der Waals surface area contributed by atoms with Crippen LogP contribution < -0.4 is 15.6 Å². The van der Waals surface area contributed by atoms with Crippen molar-refractivity contribution in [3.8, 4) is 5.75 Å². The molecule has 1 aromatic carbocycles. The van der Waals surface area contributed by atoms with Gasteiger partial charge in [-0.1, -0.05) is 0 Å². The largest absolute Gasteiger partial charge is 0.573 e. The summed E-state index contributed by atoms with van der Waals surface area (Å²) in [5.41, 5.74) is 3.37. The molecule has 2 N–H and O–H groups in total. The lowest BCUT2D eigenvalue weighted by Gasteiger charge is -2.12. The van der Waals surface area contributed by atoms with Crippen LogP contribution in [0.3, 0.4) is 0 Å². The topological polar surface area (TPSA) is 93.7 Å². The van der Waals surface area contributed by atoms with Crippen molar-refractivity contribution in [2.45, 2.75) is 13.3 Å². The zero-order chi connectivity index (χ0) is 17.6. The van der Waals surface area contributed by atoms with Gasteiger partial charge in [0.25, 0.3) is 5.91 Å². The van der Waals surface area contributed by atoms with Gasteiger partial charge in [0.1, 0.15) is 5.75 Å². The van der Waals surface area contributed by atoms with Gasteiger partial charge in [0.15, 0.2) is 0 Å². The van der Waals surface area contributed by atoms with Gasteiger partial charge >= 0.3 is 18.2 Å². The molecule has 0 saturated heterocycles.